The first kappa shape index (κ1) is 31.7. The van der Waals surface area contributed by atoms with Crippen molar-refractivity contribution in [1.82, 2.24) is 15.5 Å². The van der Waals surface area contributed by atoms with Crippen LogP contribution in [-0.4, -0.2) is 65.2 Å². The number of phenols is 1. The smallest absolute Gasteiger partial charge is 0.408 e. The average molecular weight is 522 g/mol. The van der Waals surface area contributed by atoms with Crippen LogP contribution in [0, 0.1) is 12.8 Å². The molecule has 2 unspecified atom stereocenters. The molecule has 10 nitrogen and oxygen atoms in total. The van der Waals surface area contributed by atoms with E-state index in [4.69, 9.17) is 9.47 Å². The molecule has 1 rings (SSSR count). The zero-order valence-electron chi connectivity index (χ0n) is 23.3. The van der Waals surface area contributed by atoms with Crippen LogP contribution in [0.15, 0.2) is 18.2 Å². The third-order valence-electron chi connectivity index (χ3n) is 5.38. The predicted octanol–water partition coefficient (Wildman–Crippen LogP) is 3.60. The molecule has 0 aliphatic carbocycles. The second kappa shape index (κ2) is 14.4. The van der Waals surface area contributed by atoms with Crippen molar-refractivity contribution in [2.45, 2.75) is 85.9 Å². The van der Waals surface area contributed by atoms with E-state index in [1.54, 1.807) is 60.6 Å². The van der Waals surface area contributed by atoms with Gasteiger partial charge in [-0.3, -0.25) is 14.4 Å². The number of nitrogens with one attached hydrogen (secondary N) is 2. The van der Waals surface area contributed by atoms with Gasteiger partial charge >= 0.3 is 12.1 Å². The highest BCUT2D eigenvalue weighted by Crippen LogP contribution is 2.28. The Morgan fingerprint density at radius 2 is 1.76 bits per heavy atom. The Hall–Kier alpha value is -3.30. The fourth-order valence-electron chi connectivity index (χ4n) is 3.67. The first-order valence-electron chi connectivity index (χ1n) is 12.7. The maximum Gasteiger partial charge on any atom is 0.408 e. The van der Waals surface area contributed by atoms with Crippen molar-refractivity contribution in [3.63, 3.8) is 0 Å². The molecule has 2 atom stereocenters. The van der Waals surface area contributed by atoms with Crippen molar-refractivity contribution in [3.05, 3.63) is 29.3 Å². The third kappa shape index (κ3) is 10.3. The molecule has 0 aliphatic heterocycles. The van der Waals surface area contributed by atoms with Crippen molar-refractivity contribution in [1.29, 1.82) is 0 Å². The zero-order chi connectivity index (χ0) is 28.3. The minimum Gasteiger partial charge on any atom is -0.508 e. The van der Waals surface area contributed by atoms with E-state index in [1.807, 2.05) is 6.92 Å². The number of aryl methyl sites for hydroxylation is 1. The number of carbonyl (C=O) groups excluding carboxylic acids is 4. The zero-order valence-corrected chi connectivity index (χ0v) is 23.3. The molecule has 0 aromatic heterocycles. The number of aromatic hydroxyl groups is 1. The van der Waals surface area contributed by atoms with Gasteiger partial charge in [-0.25, -0.2) is 4.79 Å². The normalized spacial score (nSPS) is 12.9. The molecule has 0 bridgehead atoms. The van der Waals surface area contributed by atoms with Crippen LogP contribution < -0.4 is 10.6 Å². The molecule has 208 valence electrons. The number of benzene rings is 1. The summed E-state index contributed by atoms with van der Waals surface area (Å²) in [6.07, 6.45) is -0.198. The number of nitrogens with zero attached hydrogens (tertiary/aromatic N) is 1. The molecule has 0 saturated carbocycles. The van der Waals surface area contributed by atoms with Gasteiger partial charge in [0.05, 0.1) is 13.0 Å². The Morgan fingerprint density at radius 1 is 1.11 bits per heavy atom. The summed E-state index contributed by atoms with van der Waals surface area (Å²) in [7, 11) is 0. The lowest BCUT2D eigenvalue weighted by Gasteiger charge is -2.35. The molecule has 0 saturated heterocycles. The lowest BCUT2D eigenvalue weighted by molar-refractivity contribution is -0.144. The van der Waals surface area contributed by atoms with Gasteiger partial charge in [0.25, 0.3) is 0 Å². The van der Waals surface area contributed by atoms with Crippen molar-refractivity contribution in [2.24, 2.45) is 5.92 Å². The highest BCUT2D eigenvalue weighted by Gasteiger charge is 2.37. The Bertz CT molecular complexity index is 940. The van der Waals surface area contributed by atoms with Gasteiger partial charge in [-0.15, -0.1) is 0 Å². The summed E-state index contributed by atoms with van der Waals surface area (Å²) in [6.45, 7) is 14.5. The third-order valence-corrected chi connectivity index (χ3v) is 5.38. The lowest BCUT2D eigenvalue weighted by Crippen LogP contribution is -2.55. The number of hydrogen-bond donors (Lipinski definition) is 3. The van der Waals surface area contributed by atoms with E-state index in [2.05, 4.69) is 10.6 Å². The van der Waals surface area contributed by atoms with Crippen LogP contribution in [0.3, 0.4) is 0 Å². The molecule has 0 fully saturated rings. The van der Waals surface area contributed by atoms with E-state index in [-0.39, 0.29) is 37.8 Å². The average Bonchev–Trinajstić information content (AvgIpc) is 2.77. The van der Waals surface area contributed by atoms with Gasteiger partial charge in [-0.05, 0) is 70.2 Å². The molecule has 1 aromatic rings. The number of phenolic OH excluding ortho intramolecular Hbond substituents is 1. The van der Waals surface area contributed by atoms with Gasteiger partial charge in [-0.2, -0.15) is 0 Å². The Morgan fingerprint density at radius 3 is 2.27 bits per heavy atom. The number of ether oxygens (including phenoxy) is 2. The van der Waals surface area contributed by atoms with Crippen molar-refractivity contribution in [3.8, 4) is 5.75 Å². The van der Waals surface area contributed by atoms with Crippen molar-refractivity contribution >= 4 is 23.9 Å². The molecule has 0 spiro atoms. The van der Waals surface area contributed by atoms with Crippen LogP contribution in [-0.2, 0) is 23.9 Å². The van der Waals surface area contributed by atoms with Gasteiger partial charge in [0.15, 0.2) is 0 Å². The largest absolute Gasteiger partial charge is 0.508 e. The fraction of sp³-hybridized carbons (Fsp3) is 0.630. The van der Waals surface area contributed by atoms with Gasteiger partial charge in [-0.1, -0.05) is 26.8 Å². The van der Waals surface area contributed by atoms with Crippen LogP contribution in [0.25, 0.3) is 0 Å². The highest BCUT2D eigenvalue weighted by molar-refractivity contribution is 5.92. The molecule has 10 heteroatoms. The summed E-state index contributed by atoms with van der Waals surface area (Å²) in [5.74, 6) is -1.61. The van der Waals surface area contributed by atoms with Gasteiger partial charge in [0.2, 0.25) is 11.8 Å². The van der Waals surface area contributed by atoms with Crippen LogP contribution in [0.4, 0.5) is 4.79 Å². The number of esters is 1. The summed E-state index contributed by atoms with van der Waals surface area (Å²) in [6, 6.07) is 2.69. The van der Waals surface area contributed by atoms with Crippen LogP contribution in [0.5, 0.6) is 5.75 Å². The fourth-order valence-corrected chi connectivity index (χ4v) is 3.67. The molecule has 37 heavy (non-hydrogen) atoms. The molecule has 3 N–H and O–H groups in total. The van der Waals surface area contributed by atoms with Gasteiger partial charge in [0, 0.05) is 13.1 Å². The number of amides is 3. The lowest BCUT2D eigenvalue weighted by atomic mass is 9.97. The summed E-state index contributed by atoms with van der Waals surface area (Å²) < 4.78 is 10.3. The molecular weight excluding hydrogens is 478 g/mol. The van der Waals surface area contributed by atoms with E-state index >= 15 is 0 Å². The van der Waals surface area contributed by atoms with Crippen LogP contribution >= 0.6 is 0 Å². The molecule has 3 amide bonds. The van der Waals surface area contributed by atoms with Crippen molar-refractivity contribution in [2.75, 3.05) is 19.7 Å². The quantitative estimate of drug-likeness (QED) is 0.358. The summed E-state index contributed by atoms with van der Waals surface area (Å²) in [4.78, 5) is 53.0. The summed E-state index contributed by atoms with van der Waals surface area (Å²) >= 11 is 0. The minimum absolute atomic E-state index is 0.0164. The Labute approximate surface area is 220 Å². The number of hydrogen-bond acceptors (Lipinski definition) is 7. The first-order valence-corrected chi connectivity index (χ1v) is 12.7. The van der Waals surface area contributed by atoms with E-state index in [1.165, 1.54) is 11.0 Å². The Kier molecular flexibility index (Phi) is 12.4. The van der Waals surface area contributed by atoms with Gasteiger partial charge < -0.3 is 30.1 Å². The van der Waals surface area contributed by atoms with Crippen LogP contribution in [0.2, 0.25) is 0 Å². The van der Waals surface area contributed by atoms with E-state index in [9.17, 15) is 24.3 Å². The number of carbonyl (C=O) groups is 4. The first-order chi connectivity index (χ1) is 17.2. The second-order valence-corrected chi connectivity index (χ2v) is 10.2. The van der Waals surface area contributed by atoms with E-state index < -0.39 is 41.6 Å². The molecule has 0 heterocycles. The monoisotopic (exact) mass is 521 g/mol. The summed E-state index contributed by atoms with van der Waals surface area (Å²) in [5.41, 5.74) is 0.284. The standard InChI is InChI=1S/C27H43N3O7/c1-9-15-30(25(34)22(17(3)4)29-26(35)37-27(6,7)8)23(19-11-12-20(31)18(5)16-19)24(33)28-14-13-21(32)36-10-2/h11-12,16-17,22-23,31H,9-10,13-15H2,1-8H3,(H,28,33)(H,29,35). The van der Waals surface area contributed by atoms with E-state index in [0.717, 1.165) is 0 Å². The maximum atomic E-state index is 13.9. The van der Waals surface area contributed by atoms with Gasteiger partial charge in [0.1, 0.15) is 23.4 Å². The topological polar surface area (TPSA) is 134 Å². The number of alkyl carbamates (subject to hydrolysis) is 1. The molecular formula is C27H43N3O7. The minimum atomic E-state index is -1.06. The Balaban J connectivity index is 3.37. The maximum absolute atomic E-state index is 13.9. The molecule has 0 aliphatic rings. The van der Waals surface area contributed by atoms with Crippen molar-refractivity contribution < 1.29 is 33.8 Å². The molecule has 0 radical (unpaired) electrons. The van der Waals surface area contributed by atoms with E-state index in [0.29, 0.717) is 17.5 Å². The molecule has 1 aromatic carbocycles. The number of rotatable bonds is 12. The predicted molar refractivity (Wildman–Crippen MR) is 140 cm³/mol. The van der Waals surface area contributed by atoms with Crippen LogP contribution in [0.1, 0.15) is 78.5 Å². The second-order valence-electron chi connectivity index (χ2n) is 10.2. The SMILES string of the molecule is CCCN(C(=O)C(NC(=O)OC(C)(C)C)C(C)C)C(C(=O)NCCC(=O)OCC)c1ccc(O)c(C)c1. The summed E-state index contributed by atoms with van der Waals surface area (Å²) in [5, 5.41) is 15.4. The highest BCUT2D eigenvalue weighted by atomic mass is 16.6.